The number of fused-ring (bicyclic) bond motifs is 1. The molecular formula is C14H18N2O4. The number of rotatable bonds is 3. The van der Waals surface area contributed by atoms with Gasteiger partial charge in [-0.2, -0.15) is 0 Å². The number of methoxy groups -OCH3 is 2. The summed E-state index contributed by atoms with van der Waals surface area (Å²) in [6.07, 6.45) is 1.26. The molecule has 0 aromatic heterocycles. The molecule has 6 nitrogen and oxygen atoms in total. The van der Waals surface area contributed by atoms with Gasteiger partial charge in [0.2, 0.25) is 0 Å². The van der Waals surface area contributed by atoms with E-state index in [-0.39, 0.29) is 12.5 Å². The van der Waals surface area contributed by atoms with Crippen LogP contribution in [-0.2, 0) is 20.7 Å². The maximum atomic E-state index is 12.0. The van der Waals surface area contributed by atoms with Gasteiger partial charge in [0, 0.05) is 25.0 Å². The Hall–Kier alpha value is -2.08. The van der Waals surface area contributed by atoms with E-state index in [0.29, 0.717) is 12.2 Å². The molecule has 0 aliphatic carbocycles. The Morgan fingerprint density at radius 3 is 2.85 bits per heavy atom. The van der Waals surface area contributed by atoms with Crippen molar-refractivity contribution in [2.75, 3.05) is 37.6 Å². The Balaban J connectivity index is 2.21. The number of hydrogen-bond donors (Lipinski definition) is 1. The molecule has 1 aliphatic rings. The summed E-state index contributed by atoms with van der Waals surface area (Å²) in [6, 6.07) is 5.47. The largest absolute Gasteiger partial charge is 0.453 e. The number of nitrogens with zero attached hydrogens (tertiary/aromatic N) is 1. The zero-order valence-corrected chi connectivity index (χ0v) is 11.6. The van der Waals surface area contributed by atoms with E-state index < -0.39 is 6.09 Å². The van der Waals surface area contributed by atoms with Crippen LogP contribution in [0.2, 0.25) is 0 Å². The van der Waals surface area contributed by atoms with Gasteiger partial charge in [-0.05, 0) is 36.6 Å². The van der Waals surface area contributed by atoms with E-state index in [1.165, 1.54) is 14.2 Å². The van der Waals surface area contributed by atoms with Crippen LogP contribution < -0.4 is 10.2 Å². The molecule has 0 fully saturated rings. The van der Waals surface area contributed by atoms with Crippen molar-refractivity contribution in [3.8, 4) is 0 Å². The maximum absolute atomic E-state index is 12.0. The quantitative estimate of drug-likeness (QED) is 0.915. The smallest absolute Gasteiger partial charge is 0.411 e. The van der Waals surface area contributed by atoms with Gasteiger partial charge in [0.05, 0.1) is 7.11 Å². The van der Waals surface area contributed by atoms with Crippen LogP contribution in [0.5, 0.6) is 0 Å². The summed E-state index contributed by atoms with van der Waals surface area (Å²) < 4.78 is 9.46. The van der Waals surface area contributed by atoms with Gasteiger partial charge < -0.3 is 14.4 Å². The van der Waals surface area contributed by atoms with Crippen LogP contribution in [0, 0.1) is 0 Å². The van der Waals surface area contributed by atoms with Crippen LogP contribution in [0.1, 0.15) is 12.0 Å². The Morgan fingerprint density at radius 2 is 2.15 bits per heavy atom. The van der Waals surface area contributed by atoms with E-state index >= 15 is 0 Å². The predicted molar refractivity (Wildman–Crippen MR) is 75.0 cm³/mol. The fourth-order valence-corrected chi connectivity index (χ4v) is 2.30. The van der Waals surface area contributed by atoms with Crippen molar-refractivity contribution in [1.82, 2.24) is 0 Å². The number of carbonyl (C=O) groups excluding carboxylic acids is 2. The van der Waals surface area contributed by atoms with Gasteiger partial charge in [-0.3, -0.25) is 10.1 Å². The van der Waals surface area contributed by atoms with Gasteiger partial charge in [-0.15, -0.1) is 0 Å². The fourth-order valence-electron chi connectivity index (χ4n) is 2.30. The third kappa shape index (κ3) is 3.08. The van der Waals surface area contributed by atoms with Crippen LogP contribution in [0.3, 0.4) is 0 Å². The zero-order valence-electron chi connectivity index (χ0n) is 11.6. The lowest BCUT2D eigenvalue weighted by molar-refractivity contribution is -0.122. The number of hydrogen-bond acceptors (Lipinski definition) is 4. The molecule has 1 heterocycles. The molecule has 0 bridgehead atoms. The van der Waals surface area contributed by atoms with E-state index in [1.807, 2.05) is 12.1 Å². The van der Waals surface area contributed by atoms with Crippen molar-refractivity contribution in [3.63, 3.8) is 0 Å². The molecule has 0 spiro atoms. The first-order valence-corrected chi connectivity index (χ1v) is 6.43. The Labute approximate surface area is 117 Å². The zero-order chi connectivity index (χ0) is 14.5. The first kappa shape index (κ1) is 14.3. The Kier molecular flexibility index (Phi) is 4.57. The molecule has 6 heteroatoms. The van der Waals surface area contributed by atoms with Gasteiger partial charge in [0.1, 0.15) is 6.61 Å². The molecule has 2 rings (SSSR count). The monoisotopic (exact) mass is 278 g/mol. The van der Waals surface area contributed by atoms with Crippen LogP contribution in [0.25, 0.3) is 0 Å². The number of amides is 2. The van der Waals surface area contributed by atoms with Crippen LogP contribution >= 0.6 is 0 Å². The molecule has 20 heavy (non-hydrogen) atoms. The second-order valence-corrected chi connectivity index (χ2v) is 4.54. The predicted octanol–water partition coefficient (Wildman–Crippen LogP) is 1.79. The number of aryl methyl sites for hydroxylation is 1. The number of benzene rings is 1. The molecule has 1 aliphatic heterocycles. The SMILES string of the molecule is COCC(=O)N1CCCc2cc(NC(=O)OC)ccc21. The highest BCUT2D eigenvalue weighted by Crippen LogP contribution is 2.29. The summed E-state index contributed by atoms with van der Waals surface area (Å²) in [5, 5.41) is 2.62. The first-order chi connectivity index (χ1) is 9.65. The summed E-state index contributed by atoms with van der Waals surface area (Å²) in [5.41, 5.74) is 2.58. The van der Waals surface area contributed by atoms with Gasteiger partial charge in [-0.1, -0.05) is 0 Å². The van der Waals surface area contributed by atoms with Crippen LogP contribution in [-0.4, -0.2) is 39.4 Å². The number of anilines is 2. The van der Waals surface area contributed by atoms with E-state index in [4.69, 9.17) is 4.74 Å². The maximum Gasteiger partial charge on any atom is 0.411 e. The van der Waals surface area contributed by atoms with Crippen molar-refractivity contribution in [1.29, 1.82) is 0 Å². The summed E-state index contributed by atoms with van der Waals surface area (Å²) in [6.45, 7) is 0.764. The van der Waals surface area contributed by atoms with Gasteiger partial charge in [-0.25, -0.2) is 4.79 Å². The number of carbonyl (C=O) groups is 2. The average molecular weight is 278 g/mol. The topological polar surface area (TPSA) is 67.9 Å². The van der Waals surface area contributed by atoms with Crippen molar-refractivity contribution in [2.45, 2.75) is 12.8 Å². The lowest BCUT2D eigenvalue weighted by Gasteiger charge is -2.29. The molecule has 2 amide bonds. The molecule has 108 valence electrons. The minimum absolute atomic E-state index is 0.0536. The highest BCUT2D eigenvalue weighted by molar-refractivity contribution is 5.96. The van der Waals surface area contributed by atoms with E-state index in [1.54, 1.807) is 11.0 Å². The van der Waals surface area contributed by atoms with Crippen LogP contribution in [0.4, 0.5) is 16.2 Å². The Bertz CT molecular complexity index is 516. The fraction of sp³-hybridized carbons (Fsp3) is 0.429. The van der Waals surface area contributed by atoms with Crippen molar-refractivity contribution < 1.29 is 19.1 Å². The van der Waals surface area contributed by atoms with Crippen LogP contribution in [0.15, 0.2) is 18.2 Å². The second kappa shape index (κ2) is 6.38. The highest BCUT2D eigenvalue weighted by Gasteiger charge is 2.22. The Morgan fingerprint density at radius 1 is 1.35 bits per heavy atom. The highest BCUT2D eigenvalue weighted by atomic mass is 16.5. The minimum atomic E-state index is -0.506. The molecular weight excluding hydrogens is 260 g/mol. The third-order valence-corrected chi connectivity index (χ3v) is 3.20. The van der Waals surface area contributed by atoms with E-state index in [2.05, 4.69) is 10.1 Å². The summed E-state index contributed by atoms with van der Waals surface area (Å²) in [7, 11) is 2.82. The molecule has 1 aromatic rings. The first-order valence-electron chi connectivity index (χ1n) is 6.43. The van der Waals surface area contributed by atoms with Crippen molar-refractivity contribution in [3.05, 3.63) is 23.8 Å². The molecule has 0 saturated heterocycles. The summed E-state index contributed by atoms with van der Waals surface area (Å²) >= 11 is 0. The van der Waals surface area contributed by atoms with Gasteiger partial charge >= 0.3 is 6.09 Å². The average Bonchev–Trinajstić information content (AvgIpc) is 2.46. The minimum Gasteiger partial charge on any atom is -0.453 e. The number of ether oxygens (including phenoxy) is 2. The standard InChI is InChI=1S/C14H18N2O4/c1-19-9-13(17)16-7-3-4-10-8-11(5-6-12(10)16)15-14(18)20-2/h5-6,8H,3-4,7,9H2,1-2H3,(H,15,18). The lowest BCUT2D eigenvalue weighted by atomic mass is 10.0. The molecule has 0 unspecified atom stereocenters. The second-order valence-electron chi connectivity index (χ2n) is 4.54. The normalized spacial score (nSPS) is 13.6. The van der Waals surface area contributed by atoms with E-state index in [9.17, 15) is 9.59 Å². The molecule has 0 atom stereocenters. The van der Waals surface area contributed by atoms with Gasteiger partial charge in [0.15, 0.2) is 0 Å². The van der Waals surface area contributed by atoms with Crippen molar-refractivity contribution in [2.24, 2.45) is 0 Å². The molecule has 0 saturated carbocycles. The third-order valence-electron chi connectivity index (χ3n) is 3.20. The van der Waals surface area contributed by atoms with Gasteiger partial charge in [0.25, 0.3) is 5.91 Å². The molecule has 1 aromatic carbocycles. The van der Waals surface area contributed by atoms with E-state index in [0.717, 1.165) is 24.1 Å². The lowest BCUT2D eigenvalue weighted by Crippen LogP contribution is -2.37. The van der Waals surface area contributed by atoms with Crippen molar-refractivity contribution >= 4 is 23.4 Å². The summed E-state index contributed by atoms with van der Waals surface area (Å²) in [4.78, 5) is 24.9. The number of nitrogens with one attached hydrogen (secondary N) is 1. The summed E-state index contributed by atoms with van der Waals surface area (Å²) in [5.74, 6) is -0.0536. The molecule has 1 N–H and O–H groups in total. The molecule has 0 radical (unpaired) electrons.